The van der Waals surface area contributed by atoms with E-state index in [1.54, 1.807) is 24.3 Å². The zero-order valence-corrected chi connectivity index (χ0v) is 11.1. The second kappa shape index (κ2) is 5.24. The summed E-state index contributed by atoms with van der Waals surface area (Å²) >= 11 is 0. The van der Waals surface area contributed by atoms with Crippen LogP contribution in [0.3, 0.4) is 0 Å². The number of aryl methyl sites for hydroxylation is 1. The first-order valence-corrected chi connectivity index (χ1v) is 6.45. The van der Waals surface area contributed by atoms with Gasteiger partial charge in [0, 0.05) is 18.6 Å². The lowest BCUT2D eigenvalue weighted by Gasteiger charge is -2.07. The van der Waals surface area contributed by atoms with Crippen LogP contribution in [0.25, 0.3) is 0 Å². The highest BCUT2D eigenvalue weighted by Crippen LogP contribution is 2.36. The molecule has 2 aromatic rings. The van der Waals surface area contributed by atoms with Crippen LogP contribution in [0, 0.1) is 0 Å². The number of nitrogens with zero attached hydrogens (tertiary/aromatic N) is 2. The second-order valence-electron chi connectivity index (χ2n) is 4.41. The topological polar surface area (TPSA) is 79.5 Å². The van der Waals surface area contributed by atoms with Gasteiger partial charge in [0.2, 0.25) is 12.7 Å². The van der Waals surface area contributed by atoms with E-state index in [0.29, 0.717) is 34.8 Å². The van der Waals surface area contributed by atoms with Gasteiger partial charge in [-0.25, -0.2) is 4.98 Å². The summed E-state index contributed by atoms with van der Waals surface area (Å²) in [5.74, 6) is 3.52. The SMILES string of the molecule is CCCc1nc(N)cc(Oc2ccc3c(c2)OCO3)n1. The van der Waals surface area contributed by atoms with Crippen molar-refractivity contribution in [2.45, 2.75) is 19.8 Å². The number of ether oxygens (including phenoxy) is 3. The highest BCUT2D eigenvalue weighted by molar-refractivity contribution is 5.48. The molecule has 0 saturated carbocycles. The van der Waals surface area contributed by atoms with Gasteiger partial charge >= 0.3 is 0 Å². The van der Waals surface area contributed by atoms with Crippen LogP contribution in [0.5, 0.6) is 23.1 Å². The maximum Gasteiger partial charge on any atom is 0.231 e. The van der Waals surface area contributed by atoms with Crippen LogP contribution in [0.1, 0.15) is 19.2 Å². The van der Waals surface area contributed by atoms with Crippen LogP contribution in [0.2, 0.25) is 0 Å². The zero-order chi connectivity index (χ0) is 13.9. The van der Waals surface area contributed by atoms with Crippen molar-refractivity contribution in [3.63, 3.8) is 0 Å². The van der Waals surface area contributed by atoms with Gasteiger partial charge in [0.1, 0.15) is 17.4 Å². The normalized spacial score (nSPS) is 12.4. The molecule has 2 N–H and O–H groups in total. The van der Waals surface area contributed by atoms with Crippen molar-refractivity contribution in [2.24, 2.45) is 0 Å². The molecule has 104 valence electrons. The average Bonchev–Trinajstić information content (AvgIpc) is 2.85. The molecule has 2 heterocycles. The number of rotatable bonds is 4. The minimum absolute atomic E-state index is 0.236. The molecule has 0 saturated heterocycles. The minimum atomic E-state index is 0.236. The molecule has 0 unspecified atom stereocenters. The Morgan fingerprint density at radius 1 is 1.20 bits per heavy atom. The van der Waals surface area contributed by atoms with Gasteiger partial charge in [0.05, 0.1) is 0 Å². The first-order valence-electron chi connectivity index (χ1n) is 6.45. The second-order valence-corrected chi connectivity index (χ2v) is 4.41. The zero-order valence-electron chi connectivity index (χ0n) is 11.1. The van der Waals surface area contributed by atoms with Crippen LogP contribution in [0.4, 0.5) is 5.82 Å². The number of nitrogen functional groups attached to an aromatic ring is 1. The number of aromatic nitrogens is 2. The Bertz CT molecular complexity index is 631. The maximum atomic E-state index is 5.76. The summed E-state index contributed by atoms with van der Waals surface area (Å²) in [6.07, 6.45) is 1.72. The third-order valence-corrected chi connectivity index (χ3v) is 2.81. The first kappa shape index (κ1) is 12.5. The summed E-state index contributed by atoms with van der Waals surface area (Å²) < 4.78 is 16.3. The van der Waals surface area contributed by atoms with Crippen LogP contribution in [-0.4, -0.2) is 16.8 Å². The summed E-state index contributed by atoms with van der Waals surface area (Å²) in [5, 5.41) is 0. The lowest BCUT2D eigenvalue weighted by Crippen LogP contribution is -2.01. The fraction of sp³-hybridized carbons (Fsp3) is 0.286. The molecule has 1 aromatic carbocycles. The van der Waals surface area contributed by atoms with Crippen molar-refractivity contribution in [3.8, 4) is 23.1 Å². The molecule has 0 radical (unpaired) electrons. The van der Waals surface area contributed by atoms with E-state index in [4.69, 9.17) is 19.9 Å². The van der Waals surface area contributed by atoms with Crippen LogP contribution < -0.4 is 19.9 Å². The third-order valence-electron chi connectivity index (χ3n) is 2.81. The molecule has 6 nitrogen and oxygen atoms in total. The first-order chi connectivity index (χ1) is 9.74. The van der Waals surface area contributed by atoms with Gasteiger partial charge in [-0.15, -0.1) is 0 Å². The molecule has 3 rings (SSSR count). The lowest BCUT2D eigenvalue weighted by atomic mass is 10.3. The fourth-order valence-corrected chi connectivity index (χ4v) is 1.94. The Morgan fingerprint density at radius 2 is 2.05 bits per heavy atom. The van der Waals surface area contributed by atoms with E-state index in [-0.39, 0.29) is 6.79 Å². The Labute approximate surface area is 116 Å². The van der Waals surface area contributed by atoms with Crippen molar-refractivity contribution in [1.29, 1.82) is 0 Å². The van der Waals surface area contributed by atoms with Crippen molar-refractivity contribution in [1.82, 2.24) is 9.97 Å². The van der Waals surface area contributed by atoms with Gasteiger partial charge in [-0.05, 0) is 18.6 Å². The Hall–Kier alpha value is -2.50. The summed E-state index contributed by atoms with van der Waals surface area (Å²) in [6, 6.07) is 6.96. The van der Waals surface area contributed by atoms with E-state index in [9.17, 15) is 0 Å². The number of anilines is 1. The molecule has 0 atom stereocenters. The molecule has 20 heavy (non-hydrogen) atoms. The Balaban J connectivity index is 1.83. The molecular formula is C14H15N3O3. The smallest absolute Gasteiger partial charge is 0.231 e. The van der Waals surface area contributed by atoms with Crippen LogP contribution in [-0.2, 0) is 6.42 Å². The molecule has 6 heteroatoms. The standard InChI is InChI=1S/C14H15N3O3/c1-2-3-13-16-12(15)7-14(17-13)20-9-4-5-10-11(6-9)19-8-18-10/h4-7H,2-3,8H2,1H3,(H2,15,16,17). The quantitative estimate of drug-likeness (QED) is 0.922. The van der Waals surface area contributed by atoms with Crippen molar-refractivity contribution in [3.05, 3.63) is 30.1 Å². The van der Waals surface area contributed by atoms with Gasteiger partial charge in [0.15, 0.2) is 11.5 Å². The van der Waals surface area contributed by atoms with Gasteiger partial charge in [-0.2, -0.15) is 4.98 Å². The number of hydrogen-bond donors (Lipinski definition) is 1. The highest BCUT2D eigenvalue weighted by atomic mass is 16.7. The monoisotopic (exact) mass is 273 g/mol. The predicted molar refractivity (Wildman–Crippen MR) is 73.1 cm³/mol. The molecule has 0 fully saturated rings. The number of hydrogen-bond acceptors (Lipinski definition) is 6. The van der Waals surface area contributed by atoms with Crippen molar-refractivity contribution in [2.75, 3.05) is 12.5 Å². The number of fused-ring (bicyclic) bond motifs is 1. The summed E-state index contributed by atoms with van der Waals surface area (Å²) in [6.45, 7) is 2.30. The molecule has 0 amide bonds. The number of nitrogens with two attached hydrogens (primary N) is 1. The summed E-state index contributed by atoms with van der Waals surface area (Å²) in [4.78, 5) is 8.49. The van der Waals surface area contributed by atoms with E-state index in [2.05, 4.69) is 16.9 Å². The molecular weight excluding hydrogens is 258 g/mol. The Morgan fingerprint density at radius 3 is 2.90 bits per heavy atom. The van der Waals surface area contributed by atoms with Gasteiger partial charge in [-0.3, -0.25) is 0 Å². The van der Waals surface area contributed by atoms with E-state index in [0.717, 1.165) is 12.8 Å². The van der Waals surface area contributed by atoms with Crippen molar-refractivity contribution >= 4 is 5.82 Å². The largest absolute Gasteiger partial charge is 0.454 e. The van der Waals surface area contributed by atoms with E-state index in [1.807, 2.05) is 0 Å². The summed E-state index contributed by atoms with van der Waals surface area (Å²) in [5.41, 5.74) is 5.76. The molecule has 1 aliphatic rings. The molecule has 1 aromatic heterocycles. The van der Waals surface area contributed by atoms with E-state index in [1.165, 1.54) is 0 Å². The van der Waals surface area contributed by atoms with E-state index < -0.39 is 0 Å². The predicted octanol–water partition coefficient (Wildman–Crippen LogP) is 2.53. The third kappa shape index (κ3) is 2.59. The van der Waals surface area contributed by atoms with Crippen LogP contribution >= 0.6 is 0 Å². The van der Waals surface area contributed by atoms with Crippen molar-refractivity contribution < 1.29 is 14.2 Å². The molecule has 0 aliphatic carbocycles. The van der Waals surface area contributed by atoms with Gasteiger partial charge in [0.25, 0.3) is 0 Å². The summed E-state index contributed by atoms with van der Waals surface area (Å²) in [7, 11) is 0. The fourth-order valence-electron chi connectivity index (χ4n) is 1.94. The minimum Gasteiger partial charge on any atom is -0.454 e. The molecule has 1 aliphatic heterocycles. The maximum absolute atomic E-state index is 5.76. The van der Waals surface area contributed by atoms with E-state index >= 15 is 0 Å². The number of benzene rings is 1. The lowest BCUT2D eigenvalue weighted by molar-refractivity contribution is 0.174. The van der Waals surface area contributed by atoms with Crippen LogP contribution in [0.15, 0.2) is 24.3 Å². The molecule has 0 bridgehead atoms. The molecule has 0 spiro atoms. The highest BCUT2D eigenvalue weighted by Gasteiger charge is 2.14. The Kier molecular flexibility index (Phi) is 3.28. The average molecular weight is 273 g/mol. The van der Waals surface area contributed by atoms with Gasteiger partial charge < -0.3 is 19.9 Å². The van der Waals surface area contributed by atoms with Gasteiger partial charge in [-0.1, -0.05) is 6.92 Å².